The van der Waals surface area contributed by atoms with Crippen molar-refractivity contribution in [2.45, 2.75) is 13.5 Å². The van der Waals surface area contributed by atoms with Crippen LogP contribution in [0.1, 0.15) is 16.7 Å². The summed E-state index contributed by atoms with van der Waals surface area (Å²) in [6.45, 7) is 2.69. The lowest BCUT2D eigenvalue weighted by Gasteiger charge is -2.05. The van der Waals surface area contributed by atoms with Crippen molar-refractivity contribution in [2.75, 3.05) is 13.7 Å². The van der Waals surface area contributed by atoms with Crippen LogP contribution in [0.4, 0.5) is 4.79 Å². The summed E-state index contributed by atoms with van der Waals surface area (Å²) in [6, 6.07) is 15.5. The number of aryl methyl sites for hydroxylation is 1. The van der Waals surface area contributed by atoms with Crippen molar-refractivity contribution in [2.24, 2.45) is 0 Å². The van der Waals surface area contributed by atoms with Gasteiger partial charge in [0.2, 0.25) is 0 Å². The first-order valence-corrected chi connectivity index (χ1v) is 7.44. The van der Waals surface area contributed by atoms with Gasteiger partial charge in [-0.05, 0) is 35.7 Å². The van der Waals surface area contributed by atoms with Crippen LogP contribution < -0.4 is 10.1 Å². The van der Waals surface area contributed by atoms with Crippen LogP contribution >= 0.6 is 0 Å². The second-order valence-electron chi connectivity index (χ2n) is 5.13. The summed E-state index contributed by atoms with van der Waals surface area (Å²) in [6.07, 6.45) is 3.38. The van der Waals surface area contributed by atoms with Gasteiger partial charge in [0, 0.05) is 6.54 Å². The Hall–Kier alpha value is -2.75. The van der Waals surface area contributed by atoms with E-state index >= 15 is 0 Å². The molecular formula is C19H21NO3. The van der Waals surface area contributed by atoms with Gasteiger partial charge in [-0.25, -0.2) is 4.79 Å². The zero-order valence-electron chi connectivity index (χ0n) is 13.4. The van der Waals surface area contributed by atoms with Crippen LogP contribution in [0.25, 0.3) is 6.08 Å². The first kappa shape index (κ1) is 16.6. The Kier molecular flexibility index (Phi) is 6.24. The Morgan fingerprint density at radius 1 is 1.17 bits per heavy atom. The summed E-state index contributed by atoms with van der Waals surface area (Å²) in [5, 5.41) is 2.69. The van der Waals surface area contributed by atoms with Gasteiger partial charge in [-0.2, -0.15) is 0 Å². The highest BCUT2D eigenvalue weighted by Gasteiger charge is 2.00. The molecule has 4 nitrogen and oxygen atoms in total. The summed E-state index contributed by atoms with van der Waals surface area (Å²) < 4.78 is 10.4. The Balaban J connectivity index is 1.75. The van der Waals surface area contributed by atoms with Crippen LogP contribution in [0, 0.1) is 6.92 Å². The van der Waals surface area contributed by atoms with E-state index in [9.17, 15) is 4.79 Å². The van der Waals surface area contributed by atoms with Gasteiger partial charge in [0.15, 0.2) is 0 Å². The smallest absolute Gasteiger partial charge is 0.407 e. The molecule has 0 bridgehead atoms. The molecule has 120 valence electrons. The van der Waals surface area contributed by atoms with E-state index in [1.165, 1.54) is 0 Å². The quantitative estimate of drug-likeness (QED) is 0.879. The van der Waals surface area contributed by atoms with Crippen LogP contribution in [0.2, 0.25) is 0 Å². The van der Waals surface area contributed by atoms with Crippen molar-refractivity contribution in [3.8, 4) is 5.75 Å². The maximum atomic E-state index is 11.6. The van der Waals surface area contributed by atoms with E-state index in [1.807, 2.05) is 67.6 Å². The summed E-state index contributed by atoms with van der Waals surface area (Å²) in [5.41, 5.74) is 3.12. The molecule has 1 N–H and O–H groups in total. The third kappa shape index (κ3) is 5.87. The van der Waals surface area contributed by atoms with Crippen LogP contribution in [0.15, 0.2) is 54.6 Å². The first-order valence-electron chi connectivity index (χ1n) is 7.44. The summed E-state index contributed by atoms with van der Waals surface area (Å²) in [5.74, 6) is 0.819. The fourth-order valence-electron chi connectivity index (χ4n) is 2.10. The number of ether oxygens (including phenoxy) is 2. The number of benzene rings is 2. The molecule has 1 amide bonds. The van der Waals surface area contributed by atoms with Gasteiger partial charge in [-0.3, -0.25) is 0 Å². The van der Waals surface area contributed by atoms with E-state index in [2.05, 4.69) is 5.32 Å². The maximum Gasteiger partial charge on any atom is 0.407 e. The zero-order valence-corrected chi connectivity index (χ0v) is 13.4. The van der Waals surface area contributed by atoms with Gasteiger partial charge in [0.25, 0.3) is 0 Å². The number of rotatable bonds is 6. The number of carbonyl (C=O) groups is 1. The molecule has 0 saturated carbocycles. The number of hydrogen-bond donors (Lipinski definition) is 1. The monoisotopic (exact) mass is 311 g/mol. The molecule has 0 atom stereocenters. The minimum atomic E-state index is -0.430. The van der Waals surface area contributed by atoms with E-state index in [4.69, 9.17) is 9.47 Å². The second kappa shape index (κ2) is 8.63. The lowest BCUT2D eigenvalue weighted by atomic mass is 10.1. The topological polar surface area (TPSA) is 47.6 Å². The first-order chi connectivity index (χ1) is 11.2. The number of alkyl carbamates (subject to hydrolysis) is 1. The summed E-state index contributed by atoms with van der Waals surface area (Å²) >= 11 is 0. The molecular weight excluding hydrogens is 290 g/mol. The van der Waals surface area contributed by atoms with Crippen molar-refractivity contribution in [1.29, 1.82) is 0 Å². The molecule has 2 aromatic carbocycles. The van der Waals surface area contributed by atoms with E-state index < -0.39 is 6.09 Å². The lowest BCUT2D eigenvalue weighted by Crippen LogP contribution is -2.24. The third-order valence-electron chi connectivity index (χ3n) is 3.20. The summed E-state index contributed by atoms with van der Waals surface area (Å²) in [7, 11) is 1.65. The van der Waals surface area contributed by atoms with Crippen molar-refractivity contribution in [3.63, 3.8) is 0 Å². The number of nitrogens with one attached hydrogen (secondary N) is 1. The number of carbonyl (C=O) groups excluding carboxylic acids is 1. The van der Waals surface area contributed by atoms with Gasteiger partial charge >= 0.3 is 6.09 Å². The van der Waals surface area contributed by atoms with E-state index in [1.54, 1.807) is 7.11 Å². The third-order valence-corrected chi connectivity index (χ3v) is 3.20. The van der Waals surface area contributed by atoms with Gasteiger partial charge in [-0.15, -0.1) is 0 Å². The van der Waals surface area contributed by atoms with E-state index in [-0.39, 0.29) is 6.61 Å². The molecule has 23 heavy (non-hydrogen) atoms. The molecule has 0 aliphatic heterocycles. The van der Waals surface area contributed by atoms with Gasteiger partial charge in [0.05, 0.1) is 7.11 Å². The van der Waals surface area contributed by atoms with Crippen LogP contribution in [0.3, 0.4) is 0 Å². The highest BCUT2D eigenvalue weighted by Crippen LogP contribution is 2.17. The Morgan fingerprint density at radius 3 is 2.70 bits per heavy atom. The normalized spacial score (nSPS) is 10.5. The maximum absolute atomic E-state index is 11.6. The van der Waals surface area contributed by atoms with Gasteiger partial charge < -0.3 is 14.8 Å². The Morgan fingerprint density at radius 2 is 1.96 bits per heavy atom. The summed E-state index contributed by atoms with van der Waals surface area (Å²) in [4.78, 5) is 11.6. The van der Waals surface area contributed by atoms with Crippen molar-refractivity contribution in [1.82, 2.24) is 5.32 Å². The molecule has 0 radical (unpaired) electrons. The van der Waals surface area contributed by atoms with E-state index in [0.29, 0.717) is 6.54 Å². The molecule has 0 heterocycles. The number of hydrogen-bond acceptors (Lipinski definition) is 3. The fraction of sp³-hybridized carbons (Fsp3) is 0.211. The van der Waals surface area contributed by atoms with Crippen LogP contribution in [-0.4, -0.2) is 19.7 Å². The minimum absolute atomic E-state index is 0.269. The number of methoxy groups -OCH3 is 1. The molecule has 0 unspecified atom stereocenters. The average molecular weight is 311 g/mol. The van der Waals surface area contributed by atoms with Crippen molar-refractivity contribution in [3.05, 3.63) is 71.3 Å². The average Bonchev–Trinajstić information content (AvgIpc) is 2.57. The molecule has 0 spiro atoms. The Bertz CT molecular complexity index is 666. The lowest BCUT2D eigenvalue weighted by molar-refractivity contribution is 0.141. The minimum Gasteiger partial charge on any atom is -0.497 e. The molecule has 4 heteroatoms. The standard InChI is InChI=1S/C19H21NO3/c1-15-11-17(13-18(12-15)22-2)9-6-10-20-19(21)23-14-16-7-4-3-5-8-16/h3-9,11-13H,10,14H2,1-2H3,(H,20,21). The molecule has 0 aliphatic rings. The van der Waals surface area contributed by atoms with Crippen molar-refractivity contribution < 1.29 is 14.3 Å². The molecule has 0 aliphatic carbocycles. The molecule has 2 rings (SSSR count). The second-order valence-corrected chi connectivity index (χ2v) is 5.13. The number of amides is 1. The Labute approximate surface area is 136 Å². The van der Waals surface area contributed by atoms with Crippen LogP contribution in [-0.2, 0) is 11.3 Å². The van der Waals surface area contributed by atoms with E-state index in [0.717, 1.165) is 22.4 Å². The highest BCUT2D eigenvalue weighted by atomic mass is 16.5. The predicted octanol–water partition coefficient (Wildman–Crippen LogP) is 3.94. The van der Waals surface area contributed by atoms with Crippen LogP contribution in [0.5, 0.6) is 5.75 Å². The molecule has 0 saturated heterocycles. The largest absolute Gasteiger partial charge is 0.497 e. The van der Waals surface area contributed by atoms with Gasteiger partial charge in [0.1, 0.15) is 12.4 Å². The fourth-order valence-corrected chi connectivity index (χ4v) is 2.10. The molecule has 0 fully saturated rings. The van der Waals surface area contributed by atoms with Crippen molar-refractivity contribution >= 4 is 12.2 Å². The van der Waals surface area contributed by atoms with Gasteiger partial charge in [-0.1, -0.05) is 48.6 Å². The predicted molar refractivity (Wildman–Crippen MR) is 91.4 cm³/mol. The SMILES string of the molecule is COc1cc(C)cc(C=CCNC(=O)OCc2ccccc2)c1. The highest BCUT2D eigenvalue weighted by molar-refractivity contribution is 5.67. The molecule has 0 aromatic heterocycles. The molecule has 2 aromatic rings. The zero-order chi connectivity index (χ0) is 16.5.